The molecule has 0 saturated carbocycles. The van der Waals surface area contributed by atoms with Crippen molar-refractivity contribution >= 4 is 29.6 Å². The summed E-state index contributed by atoms with van der Waals surface area (Å²) in [6.07, 6.45) is -1.37. The van der Waals surface area contributed by atoms with E-state index in [1.165, 1.54) is 24.3 Å². The van der Waals surface area contributed by atoms with Crippen LogP contribution in [0.25, 0.3) is 0 Å². The minimum absolute atomic E-state index is 0.0405. The van der Waals surface area contributed by atoms with Gasteiger partial charge in [-0.3, -0.25) is 0 Å². The van der Waals surface area contributed by atoms with E-state index < -0.39 is 15.9 Å². The Balaban J connectivity index is 2.79. The van der Waals surface area contributed by atoms with Crippen molar-refractivity contribution in [2.75, 3.05) is 0 Å². The van der Waals surface area contributed by atoms with E-state index in [4.69, 9.17) is 5.11 Å². The molecule has 0 aliphatic heterocycles. The van der Waals surface area contributed by atoms with Crippen LogP contribution in [-0.4, -0.2) is 33.9 Å². The summed E-state index contributed by atoms with van der Waals surface area (Å²) >= 11 is 1.55. The molecule has 0 heterocycles. The SMILES string of the molecule is [Li][CH](OC(=O)O)c1ccc([N+](=O)[O-])cc1. The van der Waals surface area contributed by atoms with Crippen LogP contribution in [0, 0.1) is 10.1 Å². The molecule has 0 saturated heterocycles. The molecule has 6 nitrogen and oxygen atoms in total. The van der Waals surface area contributed by atoms with Crippen molar-refractivity contribution in [3.05, 3.63) is 39.9 Å². The summed E-state index contributed by atoms with van der Waals surface area (Å²) in [5.41, 5.74) is 0.532. The van der Waals surface area contributed by atoms with Crippen molar-refractivity contribution in [2.24, 2.45) is 0 Å². The Morgan fingerprint density at radius 2 is 2.00 bits per heavy atom. The van der Waals surface area contributed by atoms with Crippen molar-refractivity contribution in [1.29, 1.82) is 0 Å². The van der Waals surface area contributed by atoms with E-state index in [2.05, 4.69) is 4.74 Å². The van der Waals surface area contributed by atoms with Crippen molar-refractivity contribution < 1.29 is 19.6 Å². The fourth-order valence-corrected chi connectivity index (χ4v) is 1.09. The van der Waals surface area contributed by atoms with Gasteiger partial charge < -0.3 is 0 Å². The Bertz CT molecular complexity index is 377. The first-order valence-electron chi connectivity index (χ1n) is 4.14. The number of rotatable bonds is 3. The number of nitrogens with zero attached hydrogens (tertiary/aromatic N) is 1. The number of ether oxygens (including phenoxy) is 1. The molecular weight excluding hydrogens is 197 g/mol. The Labute approximate surface area is 94.2 Å². The van der Waals surface area contributed by atoms with Crippen LogP contribution in [-0.2, 0) is 4.74 Å². The number of non-ortho nitro benzene ring substituents is 1. The van der Waals surface area contributed by atoms with Gasteiger partial charge in [-0.25, -0.2) is 0 Å². The Morgan fingerprint density at radius 1 is 1.47 bits per heavy atom. The quantitative estimate of drug-likeness (QED) is 0.347. The first-order valence-corrected chi connectivity index (χ1v) is 4.14. The summed E-state index contributed by atoms with van der Waals surface area (Å²) in [6.45, 7) is 0. The molecule has 7 heteroatoms. The molecule has 1 N–H and O–H groups in total. The summed E-state index contributed by atoms with van der Waals surface area (Å²) in [7, 11) is 0. The molecule has 0 fully saturated rings. The third kappa shape index (κ3) is 3.27. The van der Waals surface area contributed by atoms with Gasteiger partial charge in [0.25, 0.3) is 0 Å². The van der Waals surface area contributed by atoms with Crippen molar-refractivity contribution in [3.63, 3.8) is 0 Å². The van der Waals surface area contributed by atoms with Crippen LogP contribution in [0.5, 0.6) is 0 Å². The first kappa shape index (κ1) is 11.6. The number of benzene rings is 1. The molecule has 1 unspecified atom stereocenters. The van der Waals surface area contributed by atoms with Gasteiger partial charge in [0.1, 0.15) is 0 Å². The molecule has 0 aromatic heterocycles. The first-order chi connectivity index (χ1) is 7.00. The topological polar surface area (TPSA) is 89.7 Å². The predicted molar refractivity (Wildman–Crippen MR) is 50.7 cm³/mol. The monoisotopic (exact) mass is 203 g/mol. The van der Waals surface area contributed by atoms with E-state index in [1.807, 2.05) is 0 Å². The second-order valence-electron chi connectivity index (χ2n) is 2.87. The van der Waals surface area contributed by atoms with Crippen LogP contribution in [0.15, 0.2) is 24.3 Å². The van der Waals surface area contributed by atoms with E-state index in [0.29, 0.717) is 5.56 Å². The number of hydrogen-bond acceptors (Lipinski definition) is 4. The molecule has 74 valence electrons. The van der Waals surface area contributed by atoms with Crippen LogP contribution in [0.1, 0.15) is 10.3 Å². The number of nitro groups is 1. The maximum atomic E-state index is 10.3. The Kier molecular flexibility index (Phi) is 3.72. The number of carbonyl (C=O) groups is 1. The van der Waals surface area contributed by atoms with Crippen molar-refractivity contribution in [2.45, 2.75) is 4.78 Å². The van der Waals surface area contributed by atoms with Crippen LogP contribution in [0.2, 0.25) is 0 Å². The summed E-state index contributed by atoms with van der Waals surface area (Å²) in [5.74, 6) is 0. The van der Waals surface area contributed by atoms with Gasteiger partial charge in [-0.1, -0.05) is 0 Å². The molecule has 0 aliphatic carbocycles. The molecule has 1 rings (SSSR count). The fourth-order valence-electron chi connectivity index (χ4n) is 1.09. The van der Waals surface area contributed by atoms with Crippen molar-refractivity contribution in [1.82, 2.24) is 0 Å². The van der Waals surface area contributed by atoms with Crippen LogP contribution in [0.4, 0.5) is 10.5 Å². The zero-order valence-corrected chi connectivity index (χ0v) is 7.91. The van der Waals surface area contributed by atoms with E-state index in [0.717, 1.165) is 0 Å². The average molecular weight is 203 g/mol. The Hall–Kier alpha value is -1.51. The van der Waals surface area contributed by atoms with E-state index in [9.17, 15) is 14.9 Å². The number of hydrogen-bond donors (Lipinski definition) is 1. The second-order valence-corrected chi connectivity index (χ2v) is 2.87. The maximum absolute atomic E-state index is 10.3. The van der Waals surface area contributed by atoms with Gasteiger partial charge in [0.05, 0.1) is 0 Å². The molecule has 1 aromatic carbocycles. The van der Waals surface area contributed by atoms with Gasteiger partial charge in [0.15, 0.2) is 0 Å². The van der Waals surface area contributed by atoms with Gasteiger partial charge in [-0.2, -0.15) is 0 Å². The molecule has 15 heavy (non-hydrogen) atoms. The third-order valence-corrected chi connectivity index (χ3v) is 1.85. The van der Waals surface area contributed by atoms with Crippen LogP contribution < -0.4 is 0 Å². The molecule has 1 aromatic rings. The van der Waals surface area contributed by atoms with Crippen LogP contribution >= 0.6 is 0 Å². The van der Waals surface area contributed by atoms with E-state index in [-0.39, 0.29) is 5.69 Å². The number of nitro benzene ring substituents is 1. The molecule has 0 bridgehead atoms. The molecular formula is C8H6LiNO5. The minimum atomic E-state index is -1.37. The standard InChI is InChI=1S/C8H6NO5.Li/c10-8(11)14-5-6-1-3-7(4-2-6)9(12)13;/h1-5H,(H,10,11);. The van der Waals surface area contributed by atoms with E-state index >= 15 is 0 Å². The Morgan fingerprint density at radius 3 is 2.40 bits per heavy atom. The van der Waals surface area contributed by atoms with Crippen LogP contribution in [0.3, 0.4) is 0 Å². The van der Waals surface area contributed by atoms with Crippen molar-refractivity contribution in [3.8, 4) is 0 Å². The van der Waals surface area contributed by atoms with E-state index in [1.54, 1.807) is 17.7 Å². The van der Waals surface area contributed by atoms with Gasteiger partial charge in [0.2, 0.25) is 0 Å². The van der Waals surface area contributed by atoms with Gasteiger partial charge >= 0.3 is 93.8 Å². The average Bonchev–Trinajstić information content (AvgIpc) is 2.17. The molecule has 0 aliphatic rings. The zero-order chi connectivity index (χ0) is 11.4. The normalized spacial score (nSPS) is 11.9. The second kappa shape index (κ2) is 4.82. The van der Waals surface area contributed by atoms with Gasteiger partial charge in [-0.05, 0) is 0 Å². The fraction of sp³-hybridized carbons (Fsp3) is 0.125. The van der Waals surface area contributed by atoms with Gasteiger partial charge in [0, 0.05) is 0 Å². The molecule has 0 spiro atoms. The molecule has 1 atom stereocenters. The molecule has 0 amide bonds. The molecule has 0 radical (unpaired) electrons. The summed E-state index contributed by atoms with van der Waals surface area (Å²) in [6, 6.07) is 5.53. The predicted octanol–water partition coefficient (Wildman–Crippen LogP) is 1.46. The third-order valence-electron chi connectivity index (χ3n) is 1.85. The van der Waals surface area contributed by atoms with Gasteiger partial charge in [-0.15, -0.1) is 0 Å². The summed E-state index contributed by atoms with van der Waals surface area (Å²) in [4.78, 5) is 20.0. The summed E-state index contributed by atoms with van der Waals surface area (Å²) in [5, 5.41) is 18.7. The summed E-state index contributed by atoms with van der Waals surface area (Å²) < 4.78 is 3.85. The zero-order valence-electron chi connectivity index (χ0n) is 7.91. The number of carboxylic acid groups (broad SMARTS) is 1.